The molecule has 0 N–H and O–H groups in total. The monoisotopic (exact) mass is 287 g/mol. The fourth-order valence-electron chi connectivity index (χ4n) is 1.99. The van der Waals surface area contributed by atoms with Gasteiger partial charge in [0.15, 0.2) is 0 Å². The molecule has 4 nitrogen and oxygen atoms in total. The van der Waals surface area contributed by atoms with E-state index in [-0.39, 0.29) is 0 Å². The number of sulfonamides is 1. The lowest BCUT2D eigenvalue weighted by molar-refractivity contribution is 0.438. The van der Waals surface area contributed by atoms with Crippen LogP contribution in [0.3, 0.4) is 0 Å². The quantitative estimate of drug-likeness (QED) is 0.817. The maximum atomic E-state index is 12.5. The zero-order valence-electron chi connectivity index (χ0n) is 10.5. The summed E-state index contributed by atoms with van der Waals surface area (Å²) in [4.78, 5) is 0.371. The molecule has 1 fully saturated rings. The minimum absolute atomic E-state index is 0.350. The Morgan fingerprint density at radius 3 is 2.39 bits per heavy atom. The first-order valence-corrected chi connectivity index (χ1v) is 8.76. The standard InChI is InChI=1S/C12H17NO3S2/c1-10-3-4-11(2)12(9-10)18(15,16)13-5-7-17(14)8-6-13/h3-4,9H,5-8H2,1-2H3. The summed E-state index contributed by atoms with van der Waals surface area (Å²) in [6, 6.07) is 5.43. The maximum absolute atomic E-state index is 12.5. The number of benzene rings is 1. The van der Waals surface area contributed by atoms with Crippen molar-refractivity contribution in [2.24, 2.45) is 0 Å². The van der Waals surface area contributed by atoms with Crippen LogP contribution in [-0.2, 0) is 20.8 Å². The van der Waals surface area contributed by atoms with Gasteiger partial charge >= 0.3 is 0 Å². The molecular formula is C12H17NO3S2. The second-order valence-electron chi connectivity index (χ2n) is 4.52. The van der Waals surface area contributed by atoms with Crippen LogP contribution in [0.15, 0.2) is 23.1 Å². The van der Waals surface area contributed by atoms with Crippen molar-refractivity contribution < 1.29 is 12.6 Å². The van der Waals surface area contributed by atoms with E-state index in [9.17, 15) is 12.6 Å². The third kappa shape index (κ3) is 2.65. The molecule has 0 amide bonds. The molecule has 1 heterocycles. The summed E-state index contributed by atoms with van der Waals surface area (Å²) in [6.45, 7) is 4.38. The Hall–Kier alpha value is -0.720. The van der Waals surface area contributed by atoms with E-state index in [1.807, 2.05) is 19.1 Å². The van der Waals surface area contributed by atoms with Gasteiger partial charge in [0.1, 0.15) is 0 Å². The fraction of sp³-hybridized carbons (Fsp3) is 0.500. The first-order chi connectivity index (χ1) is 8.41. The smallest absolute Gasteiger partial charge is 0.243 e. The second kappa shape index (κ2) is 5.11. The second-order valence-corrected chi connectivity index (χ2v) is 8.12. The summed E-state index contributed by atoms with van der Waals surface area (Å²) in [5, 5.41) is 0. The SMILES string of the molecule is Cc1ccc(C)c(S(=O)(=O)N2CCS(=O)CC2)c1. The van der Waals surface area contributed by atoms with Crippen LogP contribution in [-0.4, -0.2) is 41.5 Å². The average molecular weight is 287 g/mol. The molecule has 0 unspecified atom stereocenters. The first-order valence-electron chi connectivity index (χ1n) is 5.83. The van der Waals surface area contributed by atoms with E-state index in [2.05, 4.69) is 0 Å². The fourth-order valence-corrected chi connectivity index (χ4v) is 5.02. The van der Waals surface area contributed by atoms with Crippen LogP contribution >= 0.6 is 0 Å². The summed E-state index contributed by atoms with van der Waals surface area (Å²) in [6.07, 6.45) is 0. The lowest BCUT2D eigenvalue weighted by atomic mass is 10.2. The van der Waals surface area contributed by atoms with Crippen LogP contribution < -0.4 is 0 Å². The highest BCUT2D eigenvalue weighted by atomic mass is 32.2. The van der Waals surface area contributed by atoms with E-state index < -0.39 is 20.8 Å². The van der Waals surface area contributed by atoms with E-state index in [4.69, 9.17) is 0 Å². The highest BCUT2D eigenvalue weighted by Crippen LogP contribution is 2.22. The normalized spacial score (nSPS) is 19.0. The highest BCUT2D eigenvalue weighted by molar-refractivity contribution is 7.89. The van der Waals surface area contributed by atoms with Gasteiger partial charge in [0.25, 0.3) is 0 Å². The van der Waals surface area contributed by atoms with Crippen molar-refractivity contribution in [3.05, 3.63) is 29.3 Å². The molecule has 6 heteroatoms. The van der Waals surface area contributed by atoms with E-state index in [0.717, 1.165) is 11.1 Å². The molecule has 0 saturated carbocycles. The van der Waals surface area contributed by atoms with Gasteiger partial charge in [-0.1, -0.05) is 12.1 Å². The Bertz CT molecular complexity index is 571. The van der Waals surface area contributed by atoms with Gasteiger partial charge in [-0.05, 0) is 31.0 Å². The summed E-state index contributed by atoms with van der Waals surface area (Å²) in [5.74, 6) is 0.869. The van der Waals surface area contributed by atoms with E-state index in [1.165, 1.54) is 4.31 Å². The van der Waals surface area contributed by atoms with Gasteiger partial charge < -0.3 is 0 Å². The van der Waals surface area contributed by atoms with Gasteiger partial charge in [0.2, 0.25) is 10.0 Å². The zero-order chi connectivity index (χ0) is 13.3. The summed E-state index contributed by atoms with van der Waals surface area (Å²) < 4.78 is 37.7. The Balaban J connectivity index is 2.36. The lowest BCUT2D eigenvalue weighted by Gasteiger charge is -2.26. The third-order valence-electron chi connectivity index (χ3n) is 3.10. The van der Waals surface area contributed by atoms with Gasteiger partial charge in [-0.25, -0.2) is 8.42 Å². The minimum atomic E-state index is -3.44. The van der Waals surface area contributed by atoms with Crippen molar-refractivity contribution in [3.8, 4) is 0 Å². The largest absolute Gasteiger partial charge is 0.259 e. The number of rotatable bonds is 2. The van der Waals surface area contributed by atoms with Crippen molar-refractivity contribution in [1.82, 2.24) is 4.31 Å². The van der Waals surface area contributed by atoms with Crippen LogP contribution in [0.1, 0.15) is 11.1 Å². The molecule has 1 aromatic carbocycles. The van der Waals surface area contributed by atoms with Crippen molar-refractivity contribution in [2.45, 2.75) is 18.7 Å². The van der Waals surface area contributed by atoms with Crippen LogP contribution in [0.4, 0.5) is 0 Å². The van der Waals surface area contributed by atoms with Crippen LogP contribution in [0.2, 0.25) is 0 Å². The van der Waals surface area contributed by atoms with Crippen molar-refractivity contribution in [3.63, 3.8) is 0 Å². The number of aryl methyl sites for hydroxylation is 2. The molecule has 0 bridgehead atoms. The van der Waals surface area contributed by atoms with E-state index >= 15 is 0 Å². The molecule has 18 heavy (non-hydrogen) atoms. The molecule has 0 spiro atoms. The Kier molecular flexibility index (Phi) is 3.89. The molecule has 100 valence electrons. The van der Waals surface area contributed by atoms with E-state index in [1.54, 1.807) is 13.0 Å². The lowest BCUT2D eigenvalue weighted by Crippen LogP contribution is -2.41. The topological polar surface area (TPSA) is 54.5 Å². The highest BCUT2D eigenvalue weighted by Gasteiger charge is 2.29. The number of hydrogen-bond donors (Lipinski definition) is 0. The molecule has 0 aromatic heterocycles. The van der Waals surface area contributed by atoms with Crippen LogP contribution in [0, 0.1) is 13.8 Å². The third-order valence-corrected chi connectivity index (χ3v) is 6.41. The van der Waals surface area contributed by atoms with Gasteiger partial charge in [0.05, 0.1) is 4.90 Å². The predicted molar refractivity (Wildman–Crippen MR) is 72.6 cm³/mol. The summed E-state index contributed by atoms with van der Waals surface area (Å²) in [7, 11) is -4.31. The molecule has 0 radical (unpaired) electrons. The van der Waals surface area contributed by atoms with Crippen molar-refractivity contribution in [2.75, 3.05) is 24.6 Å². The molecule has 0 atom stereocenters. The molecular weight excluding hydrogens is 270 g/mol. The average Bonchev–Trinajstić information content (AvgIpc) is 2.32. The number of hydrogen-bond acceptors (Lipinski definition) is 3. The molecule has 1 aliphatic rings. The van der Waals surface area contributed by atoms with Crippen LogP contribution in [0.5, 0.6) is 0 Å². The van der Waals surface area contributed by atoms with Gasteiger partial charge in [-0.15, -0.1) is 0 Å². The summed E-state index contributed by atoms with van der Waals surface area (Å²) in [5.41, 5.74) is 1.69. The molecule has 0 aliphatic carbocycles. The van der Waals surface area contributed by atoms with Crippen LogP contribution in [0.25, 0.3) is 0 Å². The van der Waals surface area contributed by atoms with Crippen molar-refractivity contribution >= 4 is 20.8 Å². The van der Waals surface area contributed by atoms with E-state index in [0.29, 0.717) is 29.5 Å². The zero-order valence-corrected chi connectivity index (χ0v) is 12.2. The maximum Gasteiger partial charge on any atom is 0.243 e. The van der Waals surface area contributed by atoms with Crippen molar-refractivity contribution in [1.29, 1.82) is 0 Å². The minimum Gasteiger partial charge on any atom is -0.259 e. The number of nitrogens with zero attached hydrogens (tertiary/aromatic N) is 1. The molecule has 2 rings (SSSR count). The van der Waals surface area contributed by atoms with Gasteiger partial charge in [-0.2, -0.15) is 4.31 Å². The molecule has 1 saturated heterocycles. The van der Waals surface area contributed by atoms with Gasteiger partial charge in [0, 0.05) is 35.4 Å². The predicted octanol–water partition coefficient (Wildman–Crippen LogP) is 1.06. The first kappa shape index (κ1) is 13.7. The Morgan fingerprint density at radius 1 is 1.17 bits per heavy atom. The Labute approximate surface area is 111 Å². The molecule has 1 aromatic rings. The van der Waals surface area contributed by atoms with Gasteiger partial charge in [-0.3, -0.25) is 4.21 Å². The Morgan fingerprint density at radius 2 is 1.78 bits per heavy atom. The summed E-state index contributed by atoms with van der Waals surface area (Å²) >= 11 is 0. The molecule has 1 aliphatic heterocycles.